The summed E-state index contributed by atoms with van der Waals surface area (Å²) in [5, 5.41) is 13.3. The molecule has 0 atom stereocenters. The maximum Gasteiger partial charge on any atom is 0.272 e. The summed E-state index contributed by atoms with van der Waals surface area (Å²) >= 11 is 0. The number of anilines is 1. The SMILES string of the molecule is Cc1c(NC2CCCCC2)ncnc1C(=O)N1CCC(N2CCC(O)CC2)CC1. The highest BCUT2D eigenvalue weighted by Gasteiger charge is 2.30. The number of piperidine rings is 2. The van der Waals surface area contributed by atoms with E-state index in [-0.39, 0.29) is 12.0 Å². The zero-order chi connectivity index (χ0) is 20.2. The van der Waals surface area contributed by atoms with Gasteiger partial charge in [0.2, 0.25) is 0 Å². The number of amides is 1. The summed E-state index contributed by atoms with van der Waals surface area (Å²) in [7, 11) is 0. The lowest BCUT2D eigenvalue weighted by Gasteiger charge is -2.41. The molecule has 1 amide bonds. The van der Waals surface area contributed by atoms with E-state index in [1.807, 2.05) is 11.8 Å². The lowest BCUT2D eigenvalue weighted by Crippen LogP contribution is -2.49. The first-order valence-corrected chi connectivity index (χ1v) is 11.4. The van der Waals surface area contributed by atoms with Crippen molar-refractivity contribution in [1.82, 2.24) is 19.8 Å². The number of carbonyl (C=O) groups is 1. The second kappa shape index (κ2) is 9.39. The maximum atomic E-state index is 13.2. The minimum absolute atomic E-state index is 0.0316. The number of nitrogens with one attached hydrogen (secondary N) is 1. The van der Waals surface area contributed by atoms with Crippen LogP contribution in [-0.4, -0.2) is 75.1 Å². The van der Waals surface area contributed by atoms with Crippen LogP contribution in [0.5, 0.6) is 0 Å². The molecule has 160 valence electrons. The van der Waals surface area contributed by atoms with E-state index in [1.54, 1.807) is 0 Å². The summed E-state index contributed by atoms with van der Waals surface area (Å²) in [5.41, 5.74) is 1.41. The predicted octanol–water partition coefficient (Wildman–Crippen LogP) is 2.59. The van der Waals surface area contributed by atoms with Crippen molar-refractivity contribution < 1.29 is 9.90 Å². The number of hydrogen-bond acceptors (Lipinski definition) is 6. The van der Waals surface area contributed by atoms with Crippen LogP contribution in [0, 0.1) is 6.92 Å². The largest absolute Gasteiger partial charge is 0.393 e. The van der Waals surface area contributed by atoms with E-state index in [1.165, 1.54) is 38.4 Å². The quantitative estimate of drug-likeness (QED) is 0.807. The van der Waals surface area contributed by atoms with Gasteiger partial charge in [0.05, 0.1) is 6.10 Å². The highest BCUT2D eigenvalue weighted by atomic mass is 16.3. The van der Waals surface area contributed by atoms with Crippen molar-refractivity contribution in [3.8, 4) is 0 Å². The van der Waals surface area contributed by atoms with Crippen molar-refractivity contribution in [2.24, 2.45) is 0 Å². The molecule has 3 aliphatic rings. The molecule has 1 aliphatic carbocycles. The first-order valence-electron chi connectivity index (χ1n) is 11.4. The minimum atomic E-state index is -0.134. The molecule has 7 nitrogen and oxygen atoms in total. The van der Waals surface area contributed by atoms with Crippen LogP contribution in [0.25, 0.3) is 0 Å². The van der Waals surface area contributed by atoms with E-state index in [0.29, 0.717) is 17.8 Å². The summed E-state index contributed by atoms with van der Waals surface area (Å²) in [5.74, 6) is 0.848. The number of likely N-dealkylation sites (tertiary alicyclic amines) is 2. The molecule has 0 unspecified atom stereocenters. The van der Waals surface area contributed by atoms with Gasteiger partial charge in [0.15, 0.2) is 0 Å². The zero-order valence-corrected chi connectivity index (χ0v) is 17.6. The average Bonchev–Trinajstić information content (AvgIpc) is 2.76. The normalized spacial score (nSPS) is 23.3. The summed E-state index contributed by atoms with van der Waals surface area (Å²) in [4.78, 5) is 26.4. The Kier molecular flexibility index (Phi) is 6.65. The molecule has 0 radical (unpaired) electrons. The van der Waals surface area contributed by atoms with Crippen LogP contribution in [-0.2, 0) is 0 Å². The Labute approximate surface area is 173 Å². The van der Waals surface area contributed by atoms with Crippen molar-refractivity contribution in [2.75, 3.05) is 31.5 Å². The van der Waals surface area contributed by atoms with Crippen molar-refractivity contribution in [2.45, 2.75) is 82.9 Å². The van der Waals surface area contributed by atoms with E-state index in [2.05, 4.69) is 20.2 Å². The molecule has 2 aliphatic heterocycles. The molecule has 4 rings (SSSR count). The van der Waals surface area contributed by atoms with Gasteiger partial charge in [0.1, 0.15) is 17.8 Å². The molecule has 0 spiro atoms. The lowest BCUT2D eigenvalue weighted by atomic mass is 9.95. The molecular formula is C22H35N5O2. The summed E-state index contributed by atoms with van der Waals surface area (Å²) in [6.07, 6.45) is 11.3. The van der Waals surface area contributed by atoms with Crippen LogP contribution < -0.4 is 5.32 Å². The molecular weight excluding hydrogens is 366 g/mol. The molecule has 2 N–H and O–H groups in total. The smallest absolute Gasteiger partial charge is 0.272 e. The van der Waals surface area contributed by atoms with Gasteiger partial charge in [-0.3, -0.25) is 4.79 Å². The molecule has 0 bridgehead atoms. The Morgan fingerprint density at radius 2 is 1.69 bits per heavy atom. The van der Waals surface area contributed by atoms with Crippen LogP contribution in [0.4, 0.5) is 5.82 Å². The fourth-order valence-corrected chi connectivity index (χ4v) is 5.09. The van der Waals surface area contributed by atoms with E-state index >= 15 is 0 Å². The third-order valence-corrected chi connectivity index (χ3v) is 7.00. The number of aliphatic hydroxyl groups is 1. The molecule has 1 aromatic rings. The van der Waals surface area contributed by atoms with Crippen LogP contribution in [0.2, 0.25) is 0 Å². The standard InChI is InChI=1S/C22H35N5O2/c1-16-20(23-15-24-21(16)25-17-5-3-2-4-6-17)22(29)27-11-7-18(8-12-27)26-13-9-19(28)10-14-26/h15,17-19,28H,2-14H2,1H3,(H,23,24,25). The fourth-order valence-electron chi connectivity index (χ4n) is 5.09. The Bertz CT molecular complexity index is 690. The number of aliphatic hydroxyl groups excluding tert-OH is 1. The highest BCUT2D eigenvalue weighted by Crippen LogP contribution is 2.25. The number of nitrogens with zero attached hydrogens (tertiary/aromatic N) is 4. The van der Waals surface area contributed by atoms with Gasteiger partial charge in [-0.1, -0.05) is 19.3 Å². The van der Waals surface area contributed by atoms with Crippen molar-refractivity contribution in [3.63, 3.8) is 0 Å². The van der Waals surface area contributed by atoms with Gasteiger partial charge in [0, 0.05) is 43.8 Å². The molecule has 3 heterocycles. The Morgan fingerprint density at radius 3 is 2.38 bits per heavy atom. The summed E-state index contributed by atoms with van der Waals surface area (Å²) < 4.78 is 0. The monoisotopic (exact) mass is 401 g/mol. The zero-order valence-electron chi connectivity index (χ0n) is 17.6. The third-order valence-electron chi connectivity index (χ3n) is 7.00. The average molecular weight is 402 g/mol. The fraction of sp³-hybridized carbons (Fsp3) is 0.773. The van der Waals surface area contributed by atoms with E-state index < -0.39 is 0 Å². The number of hydrogen-bond donors (Lipinski definition) is 2. The van der Waals surface area contributed by atoms with Gasteiger partial charge < -0.3 is 20.2 Å². The number of aromatic nitrogens is 2. The van der Waals surface area contributed by atoms with Gasteiger partial charge in [-0.2, -0.15) is 0 Å². The second-order valence-corrected chi connectivity index (χ2v) is 8.97. The molecule has 3 fully saturated rings. The van der Waals surface area contributed by atoms with Crippen LogP contribution >= 0.6 is 0 Å². The van der Waals surface area contributed by atoms with E-state index in [9.17, 15) is 9.90 Å². The van der Waals surface area contributed by atoms with Gasteiger partial charge in [-0.05, 0) is 45.4 Å². The van der Waals surface area contributed by atoms with Crippen LogP contribution in [0.15, 0.2) is 6.33 Å². The predicted molar refractivity (Wildman–Crippen MR) is 113 cm³/mol. The van der Waals surface area contributed by atoms with Crippen LogP contribution in [0.1, 0.15) is 73.8 Å². The second-order valence-electron chi connectivity index (χ2n) is 8.97. The number of rotatable bonds is 4. The molecule has 1 aromatic heterocycles. The van der Waals surface area contributed by atoms with E-state index in [0.717, 1.165) is 63.2 Å². The Balaban J connectivity index is 1.35. The molecule has 29 heavy (non-hydrogen) atoms. The maximum absolute atomic E-state index is 13.2. The minimum Gasteiger partial charge on any atom is -0.393 e. The van der Waals surface area contributed by atoms with Gasteiger partial charge in [-0.15, -0.1) is 0 Å². The van der Waals surface area contributed by atoms with Gasteiger partial charge >= 0.3 is 0 Å². The third kappa shape index (κ3) is 4.89. The van der Waals surface area contributed by atoms with Crippen molar-refractivity contribution in [1.29, 1.82) is 0 Å². The molecule has 2 saturated heterocycles. The van der Waals surface area contributed by atoms with Crippen molar-refractivity contribution >= 4 is 11.7 Å². The molecule has 0 aromatic carbocycles. The van der Waals surface area contributed by atoms with Gasteiger partial charge in [0.25, 0.3) is 5.91 Å². The summed E-state index contributed by atoms with van der Waals surface area (Å²) in [6.45, 7) is 5.46. The highest BCUT2D eigenvalue weighted by molar-refractivity contribution is 5.94. The number of carbonyl (C=O) groups excluding carboxylic acids is 1. The first-order chi connectivity index (χ1) is 14.1. The lowest BCUT2D eigenvalue weighted by molar-refractivity contribution is 0.0355. The molecule has 1 saturated carbocycles. The van der Waals surface area contributed by atoms with Crippen molar-refractivity contribution in [3.05, 3.63) is 17.6 Å². The topological polar surface area (TPSA) is 81.6 Å². The van der Waals surface area contributed by atoms with Crippen LogP contribution in [0.3, 0.4) is 0 Å². The molecule has 7 heteroatoms. The Hall–Kier alpha value is -1.73. The van der Waals surface area contributed by atoms with E-state index in [4.69, 9.17) is 0 Å². The Morgan fingerprint density at radius 1 is 1.00 bits per heavy atom. The van der Waals surface area contributed by atoms with Gasteiger partial charge in [-0.25, -0.2) is 9.97 Å². The first kappa shape index (κ1) is 20.5. The summed E-state index contributed by atoms with van der Waals surface area (Å²) in [6, 6.07) is 0.987.